The van der Waals surface area contributed by atoms with E-state index in [2.05, 4.69) is 21.7 Å². The molecule has 0 aliphatic rings. The summed E-state index contributed by atoms with van der Waals surface area (Å²) in [4.78, 5) is 16.2. The minimum absolute atomic E-state index is 0.389. The van der Waals surface area contributed by atoms with Gasteiger partial charge in [0.05, 0.1) is 5.69 Å². The summed E-state index contributed by atoms with van der Waals surface area (Å²) in [7, 11) is 0. The molecule has 3 aromatic rings. The third-order valence-corrected chi connectivity index (χ3v) is 4.85. The average molecular weight is 329 g/mol. The minimum Gasteiger partial charge on any atom is -0.368 e. The van der Waals surface area contributed by atoms with Crippen LogP contribution in [0.3, 0.4) is 0 Å². The smallest absolute Gasteiger partial charge is 0.239 e. The molecule has 0 saturated carbocycles. The zero-order valence-electron chi connectivity index (χ0n) is 11.7. The summed E-state index contributed by atoms with van der Waals surface area (Å²) in [5.74, 6) is -0.389. The first-order valence-electron chi connectivity index (χ1n) is 6.78. The van der Waals surface area contributed by atoms with Gasteiger partial charge in [-0.25, -0.2) is 4.98 Å². The van der Waals surface area contributed by atoms with Gasteiger partial charge in [-0.2, -0.15) is 11.3 Å². The predicted octanol–water partition coefficient (Wildman–Crippen LogP) is 3.19. The largest absolute Gasteiger partial charge is 0.368 e. The molecular weight excluding hydrogens is 314 g/mol. The van der Waals surface area contributed by atoms with Gasteiger partial charge in [0.1, 0.15) is 11.0 Å². The van der Waals surface area contributed by atoms with Crippen molar-refractivity contribution in [1.29, 1.82) is 0 Å². The highest BCUT2D eigenvalue weighted by molar-refractivity contribution is 7.14. The molecule has 4 nitrogen and oxygen atoms in total. The number of rotatable bonds is 6. The molecule has 2 aromatic heterocycles. The Bertz CT molecular complexity index is 738. The minimum atomic E-state index is -0.507. The zero-order valence-corrected chi connectivity index (χ0v) is 13.4. The van der Waals surface area contributed by atoms with Crippen molar-refractivity contribution in [3.63, 3.8) is 0 Å². The molecule has 1 atom stereocenters. The van der Waals surface area contributed by atoms with Crippen LogP contribution in [-0.4, -0.2) is 10.9 Å². The number of carbonyl (C=O) groups is 1. The van der Waals surface area contributed by atoms with Gasteiger partial charge in [-0.3, -0.25) is 10.1 Å². The van der Waals surface area contributed by atoms with Crippen molar-refractivity contribution in [2.75, 3.05) is 0 Å². The number of nitrogens with zero attached hydrogens (tertiary/aromatic N) is 1. The van der Waals surface area contributed by atoms with Crippen molar-refractivity contribution in [2.24, 2.45) is 5.73 Å². The van der Waals surface area contributed by atoms with Crippen LogP contribution in [0.1, 0.15) is 17.3 Å². The molecule has 6 heteroatoms. The molecule has 1 amide bonds. The number of aromatic nitrogens is 1. The van der Waals surface area contributed by atoms with E-state index in [4.69, 9.17) is 5.73 Å². The lowest BCUT2D eigenvalue weighted by Gasteiger charge is -2.14. The van der Waals surface area contributed by atoms with Gasteiger partial charge in [0, 0.05) is 22.9 Å². The molecule has 1 unspecified atom stereocenters. The standard InChI is InChI=1S/C16H15N3OS2/c17-15(20)14(11-4-2-1-3-5-11)18-8-13-10-22-16(19-13)12-6-7-21-9-12/h1-7,9-10,14,18H,8H2,(H2,17,20). The second-order valence-electron chi connectivity index (χ2n) is 4.78. The molecule has 3 N–H and O–H groups in total. The molecule has 22 heavy (non-hydrogen) atoms. The van der Waals surface area contributed by atoms with E-state index in [9.17, 15) is 4.79 Å². The highest BCUT2D eigenvalue weighted by Crippen LogP contribution is 2.25. The fraction of sp³-hybridized carbons (Fsp3) is 0.125. The van der Waals surface area contributed by atoms with Gasteiger partial charge in [-0.05, 0) is 17.0 Å². The Labute approximate surface area is 136 Å². The van der Waals surface area contributed by atoms with Crippen molar-refractivity contribution in [2.45, 2.75) is 12.6 Å². The fourth-order valence-corrected chi connectivity index (χ4v) is 3.67. The van der Waals surface area contributed by atoms with Crippen LogP contribution in [0.5, 0.6) is 0 Å². The van der Waals surface area contributed by atoms with E-state index in [0.29, 0.717) is 6.54 Å². The van der Waals surface area contributed by atoms with E-state index in [1.165, 1.54) is 0 Å². The lowest BCUT2D eigenvalue weighted by molar-refractivity contribution is -0.120. The maximum atomic E-state index is 11.7. The number of nitrogens with two attached hydrogens (primary N) is 1. The van der Waals surface area contributed by atoms with E-state index in [0.717, 1.165) is 21.8 Å². The number of hydrogen-bond acceptors (Lipinski definition) is 5. The molecule has 1 aromatic carbocycles. The third kappa shape index (κ3) is 3.41. The van der Waals surface area contributed by atoms with Gasteiger partial charge in [0.15, 0.2) is 0 Å². The first kappa shape index (κ1) is 14.9. The SMILES string of the molecule is NC(=O)C(NCc1csc(-c2ccsc2)n1)c1ccccc1. The van der Waals surface area contributed by atoms with E-state index in [1.54, 1.807) is 22.7 Å². The van der Waals surface area contributed by atoms with Crippen LogP contribution in [0.2, 0.25) is 0 Å². The topological polar surface area (TPSA) is 68.0 Å². The molecule has 0 aliphatic heterocycles. The third-order valence-electron chi connectivity index (χ3n) is 3.22. The van der Waals surface area contributed by atoms with Crippen LogP contribution in [0.15, 0.2) is 52.5 Å². The Morgan fingerprint density at radius 3 is 2.73 bits per heavy atom. The van der Waals surface area contributed by atoms with Crippen molar-refractivity contribution in [3.8, 4) is 10.6 Å². The number of hydrogen-bond donors (Lipinski definition) is 2. The van der Waals surface area contributed by atoms with Gasteiger partial charge in [0.2, 0.25) is 5.91 Å². The number of amides is 1. The summed E-state index contributed by atoms with van der Waals surface area (Å²) in [5.41, 5.74) is 8.41. The molecule has 0 saturated heterocycles. The molecule has 3 rings (SSSR count). The molecule has 0 radical (unpaired) electrons. The van der Waals surface area contributed by atoms with Crippen molar-refractivity contribution in [1.82, 2.24) is 10.3 Å². The van der Waals surface area contributed by atoms with Crippen molar-refractivity contribution >= 4 is 28.6 Å². The van der Waals surface area contributed by atoms with Crippen molar-refractivity contribution in [3.05, 3.63) is 63.8 Å². The molecule has 0 spiro atoms. The van der Waals surface area contributed by atoms with E-state index in [1.807, 2.05) is 41.1 Å². The molecule has 112 valence electrons. The van der Waals surface area contributed by atoms with Crippen LogP contribution >= 0.6 is 22.7 Å². The number of thiophene rings is 1. The Morgan fingerprint density at radius 1 is 1.23 bits per heavy atom. The molecule has 0 bridgehead atoms. The highest BCUT2D eigenvalue weighted by Gasteiger charge is 2.17. The van der Waals surface area contributed by atoms with Crippen molar-refractivity contribution < 1.29 is 4.79 Å². The summed E-state index contributed by atoms with van der Waals surface area (Å²) in [5, 5.41) is 10.3. The van der Waals surface area contributed by atoms with Gasteiger partial charge >= 0.3 is 0 Å². The Balaban J connectivity index is 1.69. The maximum Gasteiger partial charge on any atom is 0.239 e. The van der Waals surface area contributed by atoms with Gasteiger partial charge in [-0.1, -0.05) is 30.3 Å². The summed E-state index contributed by atoms with van der Waals surface area (Å²) >= 11 is 3.26. The lowest BCUT2D eigenvalue weighted by atomic mass is 10.1. The molecule has 0 aliphatic carbocycles. The van der Waals surface area contributed by atoms with Crippen LogP contribution in [-0.2, 0) is 11.3 Å². The monoisotopic (exact) mass is 329 g/mol. The second kappa shape index (κ2) is 6.83. The second-order valence-corrected chi connectivity index (χ2v) is 6.42. The summed E-state index contributed by atoms with van der Waals surface area (Å²) < 4.78 is 0. The lowest BCUT2D eigenvalue weighted by Crippen LogP contribution is -2.33. The first-order valence-corrected chi connectivity index (χ1v) is 8.61. The van der Waals surface area contributed by atoms with Gasteiger partial charge in [0.25, 0.3) is 0 Å². The van der Waals surface area contributed by atoms with Gasteiger partial charge < -0.3 is 5.73 Å². The Morgan fingerprint density at radius 2 is 2.05 bits per heavy atom. The molecular formula is C16H15N3OS2. The molecule has 2 heterocycles. The first-order chi connectivity index (χ1) is 10.7. The maximum absolute atomic E-state index is 11.7. The number of thiazole rings is 1. The predicted molar refractivity (Wildman–Crippen MR) is 90.6 cm³/mol. The summed E-state index contributed by atoms with van der Waals surface area (Å²) in [6.07, 6.45) is 0. The van der Waals surface area contributed by atoms with Crippen LogP contribution in [0, 0.1) is 0 Å². The zero-order chi connectivity index (χ0) is 15.4. The number of primary amides is 1. The van der Waals surface area contributed by atoms with Crippen LogP contribution in [0.25, 0.3) is 10.6 Å². The quantitative estimate of drug-likeness (QED) is 0.730. The number of nitrogens with one attached hydrogen (secondary N) is 1. The molecule has 0 fully saturated rings. The van der Waals surface area contributed by atoms with E-state index in [-0.39, 0.29) is 5.91 Å². The normalized spacial score (nSPS) is 12.2. The summed E-state index contributed by atoms with van der Waals surface area (Å²) in [6.45, 7) is 0.503. The van der Waals surface area contributed by atoms with Gasteiger partial charge in [-0.15, -0.1) is 11.3 Å². The number of carbonyl (C=O) groups excluding carboxylic acids is 1. The van der Waals surface area contributed by atoms with E-state index < -0.39 is 6.04 Å². The van der Waals surface area contributed by atoms with Crippen LogP contribution in [0.4, 0.5) is 0 Å². The average Bonchev–Trinajstić information content (AvgIpc) is 3.19. The van der Waals surface area contributed by atoms with Crippen LogP contribution < -0.4 is 11.1 Å². The fourth-order valence-electron chi connectivity index (χ4n) is 2.14. The Hall–Kier alpha value is -2.02. The number of benzene rings is 1. The van der Waals surface area contributed by atoms with E-state index >= 15 is 0 Å². The Kier molecular flexibility index (Phi) is 4.62. The summed E-state index contributed by atoms with van der Waals surface area (Å²) in [6, 6.07) is 11.0. The highest BCUT2D eigenvalue weighted by atomic mass is 32.1.